The fourth-order valence-electron chi connectivity index (χ4n) is 2.53. The van der Waals surface area contributed by atoms with Gasteiger partial charge < -0.3 is 28.6 Å². The van der Waals surface area contributed by atoms with Gasteiger partial charge in [-0.15, -0.1) is 0 Å². The van der Waals surface area contributed by atoms with Crippen LogP contribution in [0.2, 0.25) is 0 Å². The third-order valence-electron chi connectivity index (χ3n) is 4.03. The maximum Gasteiger partial charge on any atom is 0.275 e. The molecule has 1 aliphatic rings. The van der Waals surface area contributed by atoms with Crippen LogP contribution >= 0.6 is 0 Å². The van der Waals surface area contributed by atoms with E-state index in [-0.39, 0.29) is 36.7 Å². The number of benzene rings is 1. The third-order valence-corrected chi connectivity index (χ3v) is 4.03. The minimum Gasteiger partial charge on any atom is -0.497 e. The number of hydrogen-bond acceptors (Lipinski definition) is 7. The van der Waals surface area contributed by atoms with Crippen molar-refractivity contribution in [3.8, 4) is 11.5 Å². The number of carbonyl (C=O) groups excluding carboxylic acids is 1. The number of ether oxygens (including phenoxy) is 3. The summed E-state index contributed by atoms with van der Waals surface area (Å²) < 4.78 is 21.1. The van der Waals surface area contributed by atoms with Crippen molar-refractivity contribution in [2.75, 3.05) is 27.4 Å². The number of aromatic nitrogens is 1. The van der Waals surface area contributed by atoms with Crippen molar-refractivity contribution in [2.24, 2.45) is 0 Å². The quantitative estimate of drug-likeness (QED) is 0.835. The van der Waals surface area contributed by atoms with Gasteiger partial charge in [0, 0.05) is 7.05 Å². The van der Waals surface area contributed by atoms with E-state index in [2.05, 4.69) is 4.98 Å². The highest BCUT2D eigenvalue weighted by atomic mass is 16.5. The molecule has 1 aromatic heterocycles. The Kier molecular flexibility index (Phi) is 5.20. The summed E-state index contributed by atoms with van der Waals surface area (Å²) >= 11 is 0. The molecule has 2 aromatic rings. The summed E-state index contributed by atoms with van der Waals surface area (Å²) in [7, 11) is 3.20. The Balaban J connectivity index is 1.58. The number of oxazole rings is 1. The van der Waals surface area contributed by atoms with Gasteiger partial charge in [-0.25, -0.2) is 4.98 Å². The van der Waals surface area contributed by atoms with Crippen LogP contribution in [0.4, 0.5) is 0 Å². The van der Waals surface area contributed by atoms with Crippen LogP contribution < -0.4 is 9.47 Å². The van der Waals surface area contributed by atoms with E-state index in [4.69, 9.17) is 18.6 Å². The highest BCUT2D eigenvalue weighted by Gasteiger charge is 2.33. The second-order valence-electron chi connectivity index (χ2n) is 5.68. The van der Waals surface area contributed by atoms with Gasteiger partial charge in [0.25, 0.3) is 5.91 Å². The minimum absolute atomic E-state index is 0.0957. The summed E-state index contributed by atoms with van der Waals surface area (Å²) in [4.78, 5) is 18.0. The zero-order chi connectivity index (χ0) is 17.8. The predicted molar refractivity (Wildman–Crippen MR) is 86.5 cm³/mol. The SMILES string of the molecule is COc1ccc(OCc2nc(C(=O)N(C)[C@H]3COC[C@@H]3O)co2)cc1. The molecule has 0 saturated carbocycles. The van der Waals surface area contributed by atoms with Crippen LogP contribution in [0.3, 0.4) is 0 Å². The molecule has 1 saturated heterocycles. The molecular formula is C17H20N2O6. The van der Waals surface area contributed by atoms with Gasteiger partial charge >= 0.3 is 0 Å². The molecule has 0 bridgehead atoms. The monoisotopic (exact) mass is 348 g/mol. The number of carbonyl (C=O) groups is 1. The smallest absolute Gasteiger partial charge is 0.275 e. The lowest BCUT2D eigenvalue weighted by molar-refractivity contribution is 0.0575. The Bertz CT molecular complexity index is 714. The highest BCUT2D eigenvalue weighted by Crippen LogP contribution is 2.19. The zero-order valence-electron chi connectivity index (χ0n) is 14.0. The Hall–Kier alpha value is -2.58. The first-order chi connectivity index (χ1) is 12.1. The van der Waals surface area contributed by atoms with Gasteiger partial charge in [0.15, 0.2) is 12.3 Å². The van der Waals surface area contributed by atoms with Crippen LogP contribution in [0.1, 0.15) is 16.4 Å². The molecule has 0 aliphatic carbocycles. The average Bonchev–Trinajstić information content (AvgIpc) is 3.28. The van der Waals surface area contributed by atoms with E-state index in [1.807, 2.05) is 0 Å². The number of hydrogen-bond donors (Lipinski definition) is 1. The van der Waals surface area contributed by atoms with Crippen molar-refractivity contribution in [3.05, 3.63) is 42.1 Å². The summed E-state index contributed by atoms with van der Waals surface area (Å²) in [5.41, 5.74) is 0.162. The topological polar surface area (TPSA) is 94.3 Å². The Morgan fingerprint density at radius 1 is 1.32 bits per heavy atom. The van der Waals surface area contributed by atoms with Gasteiger partial charge in [-0.2, -0.15) is 0 Å². The van der Waals surface area contributed by atoms with E-state index in [0.29, 0.717) is 12.4 Å². The van der Waals surface area contributed by atoms with Crippen LogP contribution in [0, 0.1) is 0 Å². The van der Waals surface area contributed by atoms with Gasteiger partial charge in [0.05, 0.1) is 32.5 Å². The number of aliphatic hydroxyl groups is 1. The lowest BCUT2D eigenvalue weighted by atomic mass is 10.2. The summed E-state index contributed by atoms with van der Waals surface area (Å²) in [5, 5.41) is 9.82. The number of methoxy groups -OCH3 is 1. The standard InChI is InChI=1S/C17H20N2O6/c1-19(14-8-23-9-15(14)20)17(21)13-7-25-16(18-13)10-24-12-5-3-11(22-2)4-6-12/h3-7,14-15,20H,8-10H2,1-2H3/t14-,15-/m0/s1. The number of aliphatic hydroxyl groups excluding tert-OH is 1. The first-order valence-corrected chi connectivity index (χ1v) is 7.82. The number of rotatable bonds is 6. The Morgan fingerprint density at radius 2 is 2.04 bits per heavy atom. The molecular weight excluding hydrogens is 328 g/mol. The third kappa shape index (κ3) is 3.92. The predicted octanol–water partition coefficient (Wildman–Crippen LogP) is 1.09. The van der Waals surface area contributed by atoms with Gasteiger partial charge in [-0.05, 0) is 24.3 Å². The van der Waals surface area contributed by atoms with Crippen LogP contribution in [0.15, 0.2) is 34.9 Å². The molecule has 8 nitrogen and oxygen atoms in total. The van der Waals surface area contributed by atoms with Gasteiger partial charge in [-0.1, -0.05) is 0 Å². The first-order valence-electron chi connectivity index (χ1n) is 7.82. The number of amides is 1. The molecule has 8 heteroatoms. The van der Waals surface area contributed by atoms with Gasteiger partial charge in [0.2, 0.25) is 5.89 Å². The molecule has 0 unspecified atom stereocenters. The fourth-order valence-corrected chi connectivity index (χ4v) is 2.53. The molecule has 3 rings (SSSR count). The first kappa shape index (κ1) is 17.2. The largest absolute Gasteiger partial charge is 0.497 e. The fraction of sp³-hybridized carbons (Fsp3) is 0.412. The van der Waals surface area contributed by atoms with E-state index >= 15 is 0 Å². The van der Waals surface area contributed by atoms with Crippen molar-refractivity contribution in [2.45, 2.75) is 18.8 Å². The lowest BCUT2D eigenvalue weighted by Gasteiger charge is -2.24. The molecule has 0 radical (unpaired) electrons. The summed E-state index contributed by atoms with van der Waals surface area (Å²) in [6.45, 7) is 0.620. The number of likely N-dealkylation sites (N-methyl/N-ethyl adjacent to an activating group) is 1. The summed E-state index contributed by atoms with van der Waals surface area (Å²) in [6, 6.07) is 6.71. The van der Waals surface area contributed by atoms with Crippen molar-refractivity contribution in [1.29, 1.82) is 0 Å². The zero-order valence-corrected chi connectivity index (χ0v) is 14.0. The minimum atomic E-state index is -0.696. The molecule has 2 atom stereocenters. The molecule has 25 heavy (non-hydrogen) atoms. The normalized spacial score (nSPS) is 19.6. The maximum absolute atomic E-state index is 12.4. The van der Waals surface area contributed by atoms with Crippen LogP contribution in [0.25, 0.3) is 0 Å². The van der Waals surface area contributed by atoms with Crippen LogP contribution in [0.5, 0.6) is 11.5 Å². The second kappa shape index (κ2) is 7.54. The van der Waals surface area contributed by atoms with E-state index in [1.165, 1.54) is 11.2 Å². The van der Waals surface area contributed by atoms with Crippen LogP contribution in [-0.2, 0) is 11.3 Å². The molecule has 134 valence electrons. The highest BCUT2D eigenvalue weighted by molar-refractivity contribution is 5.92. The molecule has 1 amide bonds. The van der Waals surface area contributed by atoms with Gasteiger partial charge in [0.1, 0.15) is 17.8 Å². The van der Waals surface area contributed by atoms with Crippen LogP contribution in [-0.4, -0.2) is 60.4 Å². The van der Waals surface area contributed by atoms with Crippen molar-refractivity contribution in [1.82, 2.24) is 9.88 Å². The van der Waals surface area contributed by atoms with E-state index < -0.39 is 6.10 Å². The molecule has 1 N–H and O–H groups in total. The summed E-state index contributed by atoms with van der Waals surface area (Å²) in [6.07, 6.45) is 0.590. The van der Waals surface area contributed by atoms with E-state index in [0.717, 1.165) is 5.75 Å². The van der Waals surface area contributed by atoms with Crippen molar-refractivity contribution in [3.63, 3.8) is 0 Å². The lowest BCUT2D eigenvalue weighted by Crippen LogP contribution is -2.44. The molecule has 1 aromatic carbocycles. The number of nitrogens with zero attached hydrogens (tertiary/aromatic N) is 2. The van der Waals surface area contributed by atoms with E-state index in [1.54, 1.807) is 38.4 Å². The van der Waals surface area contributed by atoms with Crippen molar-refractivity contribution >= 4 is 5.91 Å². The second-order valence-corrected chi connectivity index (χ2v) is 5.68. The molecule has 1 aliphatic heterocycles. The molecule has 1 fully saturated rings. The Labute approximate surface area is 144 Å². The average molecular weight is 348 g/mol. The van der Waals surface area contributed by atoms with Crippen molar-refractivity contribution < 1.29 is 28.5 Å². The summed E-state index contributed by atoms with van der Waals surface area (Å²) in [5.74, 6) is 1.32. The molecule has 0 spiro atoms. The van der Waals surface area contributed by atoms with E-state index in [9.17, 15) is 9.90 Å². The maximum atomic E-state index is 12.4. The molecule has 2 heterocycles. The van der Waals surface area contributed by atoms with Gasteiger partial charge in [-0.3, -0.25) is 4.79 Å². The Morgan fingerprint density at radius 3 is 2.68 bits per heavy atom.